The Balaban J connectivity index is 3.02. The molecule has 0 saturated carbocycles. The number of nitrogens with one attached hydrogen (secondary N) is 1. The molecule has 120 valence electrons. The van der Waals surface area contributed by atoms with Crippen molar-refractivity contribution >= 4 is 29.9 Å². The molecular weight excluding hydrogens is 340 g/mol. The molecule has 0 fully saturated rings. The molecule has 0 heterocycles. The Kier molecular flexibility index (Phi) is 5.50. The van der Waals surface area contributed by atoms with E-state index in [1.165, 1.54) is 0 Å². The third-order valence-corrected chi connectivity index (χ3v) is 6.79. The predicted molar refractivity (Wildman–Crippen MR) is 77.3 cm³/mol. The monoisotopic (exact) mass is 356 g/mol. The van der Waals surface area contributed by atoms with E-state index in [0.29, 0.717) is 0 Å². The van der Waals surface area contributed by atoms with Crippen LogP contribution in [-0.2, 0) is 29.9 Å². The third-order valence-electron chi connectivity index (χ3n) is 2.46. The van der Waals surface area contributed by atoms with Crippen molar-refractivity contribution in [2.24, 2.45) is 5.14 Å². The Labute approximate surface area is 124 Å². The van der Waals surface area contributed by atoms with E-state index in [9.17, 15) is 25.3 Å². The molecule has 0 atom stereocenters. The molecule has 1 rings (SSSR count). The summed E-state index contributed by atoms with van der Waals surface area (Å²) in [5.41, 5.74) is 0. The molecule has 0 aliphatic carbocycles. The van der Waals surface area contributed by atoms with Crippen molar-refractivity contribution in [3.05, 3.63) is 24.3 Å². The molecule has 8 nitrogen and oxygen atoms in total. The largest absolute Gasteiger partial charge is 0.240 e. The molecule has 0 unspecified atom stereocenters. The van der Waals surface area contributed by atoms with Gasteiger partial charge in [-0.1, -0.05) is 6.92 Å². The molecule has 21 heavy (non-hydrogen) atoms. The van der Waals surface area contributed by atoms with Crippen LogP contribution in [0.3, 0.4) is 0 Å². The van der Waals surface area contributed by atoms with E-state index in [0.717, 1.165) is 24.3 Å². The van der Waals surface area contributed by atoms with Gasteiger partial charge in [-0.05, 0) is 24.3 Å². The first-order valence-corrected chi connectivity index (χ1v) is 10.7. The number of benzene rings is 1. The van der Waals surface area contributed by atoms with Crippen LogP contribution in [0.4, 0.5) is 0 Å². The minimum atomic E-state index is -3.89. The highest BCUT2D eigenvalue weighted by Crippen LogP contribution is 2.15. The number of hydrogen-bond donors (Lipinski definition) is 2. The van der Waals surface area contributed by atoms with Crippen LogP contribution < -0.4 is 9.86 Å². The van der Waals surface area contributed by atoms with Crippen molar-refractivity contribution in [3.8, 4) is 0 Å². The average molecular weight is 356 g/mol. The molecule has 1 aromatic carbocycles. The smallest absolute Gasteiger partial charge is 0.229 e. The number of rotatable bonds is 7. The van der Waals surface area contributed by atoms with E-state index >= 15 is 0 Å². The molecule has 0 bridgehead atoms. The molecule has 0 amide bonds. The lowest BCUT2D eigenvalue weighted by Crippen LogP contribution is -2.24. The highest BCUT2D eigenvalue weighted by atomic mass is 32.2. The minimum absolute atomic E-state index is 0.0743. The normalized spacial score (nSPS) is 13.2. The van der Waals surface area contributed by atoms with E-state index in [2.05, 4.69) is 4.72 Å². The lowest BCUT2D eigenvalue weighted by atomic mass is 10.4. The van der Waals surface area contributed by atoms with Crippen LogP contribution in [0.25, 0.3) is 0 Å². The molecule has 0 saturated heterocycles. The SMILES string of the molecule is CCNS(=O)(=O)c1ccc(S(=O)(=O)CCS(N)(=O)=O)cc1. The molecule has 11 heteroatoms. The fraction of sp³-hybridized carbons (Fsp3) is 0.400. The zero-order valence-corrected chi connectivity index (χ0v) is 13.6. The maximum atomic E-state index is 11.9. The predicted octanol–water partition coefficient (Wildman–Crippen LogP) is -0.953. The van der Waals surface area contributed by atoms with Gasteiger partial charge >= 0.3 is 0 Å². The van der Waals surface area contributed by atoms with E-state index in [4.69, 9.17) is 5.14 Å². The Hall–Kier alpha value is -1.01. The van der Waals surface area contributed by atoms with E-state index in [-0.39, 0.29) is 16.3 Å². The Bertz CT molecular complexity index is 795. The number of hydrogen-bond acceptors (Lipinski definition) is 6. The molecular formula is C10H16N2O6S3. The summed E-state index contributed by atoms with van der Waals surface area (Å²) in [6, 6.07) is 4.51. The van der Waals surface area contributed by atoms with Crippen molar-refractivity contribution in [2.75, 3.05) is 18.1 Å². The van der Waals surface area contributed by atoms with E-state index in [1.807, 2.05) is 0 Å². The summed E-state index contributed by atoms with van der Waals surface area (Å²) in [5.74, 6) is -1.36. The summed E-state index contributed by atoms with van der Waals surface area (Å²) < 4.78 is 71.0. The van der Waals surface area contributed by atoms with Gasteiger partial charge in [-0.2, -0.15) is 0 Å². The second-order valence-electron chi connectivity index (χ2n) is 4.16. The highest BCUT2D eigenvalue weighted by Gasteiger charge is 2.19. The Morgan fingerprint density at radius 1 is 0.905 bits per heavy atom. The molecule has 0 spiro atoms. The van der Waals surface area contributed by atoms with Gasteiger partial charge in [-0.15, -0.1) is 0 Å². The molecule has 0 aromatic heterocycles. The average Bonchev–Trinajstić information content (AvgIpc) is 2.36. The zero-order chi connectivity index (χ0) is 16.3. The maximum Gasteiger partial charge on any atom is 0.240 e. The quantitative estimate of drug-likeness (QED) is 0.645. The van der Waals surface area contributed by atoms with Crippen LogP contribution in [0, 0.1) is 0 Å². The minimum Gasteiger partial charge on any atom is -0.229 e. The first-order chi connectivity index (χ1) is 9.48. The summed E-state index contributed by atoms with van der Waals surface area (Å²) >= 11 is 0. The number of sulfone groups is 1. The highest BCUT2D eigenvalue weighted by molar-refractivity contribution is 7.94. The zero-order valence-electron chi connectivity index (χ0n) is 11.2. The van der Waals surface area contributed by atoms with Crippen LogP contribution >= 0.6 is 0 Å². The summed E-state index contributed by atoms with van der Waals surface area (Å²) in [6.45, 7) is 1.82. The van der Waals surface area contributed by atoms with Crippen molar-refractivity contribution in [1.29, 1.82) is 0 Å². The Morgan fingerprint density at radius 3 is 1.81 bits per heavy atom. The van der Waals surface area contributed by atoms with Gasteiger partial charge < -0.3 is 0 Å². The van der Waals surface area contributed by atoms with Gasteiger partial charge in [0, 0.05) is 6.54 Å². The number of sulfonamides is 2. The second-order valence-corrected chi connectivity index (χ2v) is 9.77. The first-order valence-electron chi connectivity index (χ1n) is 5.81. The van der Waals surface area contributed by atoms with Gasteiger partial charge in [-0.3, -0.25) is 0 Å². The van der Waals surface area contributed by atoms with Crippen molar-refractivity contribution in [1.82, 2.24) is 4.72 Å². The van der Waals surface area contributed by atoms with Crippen molar-refractivity contribution in [3.63, 3.8) is 0 Å². The molecule has 0 aliphatic heterocycles. The van der Waals surface area contributed by atoms with Crippen LogP contribution in [0.5, 0.6) is 0 Å². The molecule has 0 radical (unpaired) electrons. The summed E-state index contributed by atoms with van der Waals surface area (Å²) in [4.78, 5) is -0.239. The van der Waals surface area contributed by atoms with Gasteiger partial charge in [-0.25, -0.2) is 35.1 Å². The summed E-state index contributed by atoms with van der Waals surface area (Å²) in [7, 11) is -11.4. The van der Waals surface area contributed by atoms with Crippen molar-refractivity contribution in [2.45, 2.75) is 16.7 Å². The molecule has 1 aromatic rings. The van der Waals surface area contributed by atoms with Crippen LogP contribution in [0.1, 0.15) is 6.92 Å². The third kappa shape index (κ3) is 5.36. The van der Waals surface area contributed by atoms with Gasteiger partial charge in [0.25, 0.3) is 0 Å². The van der Waals surface area contributed by atoms with Gasteiger partial charge in [0.15, 0.2) is 9.84 Å². The van der Waals surface area contributed by atoms with E-state index in [1.54, 1.807) is 6.92 Å². The lowest BCUT2D eigenvalue weighted by Gasteiger charge is -2.07. The summed E-state index contributed by atoms with van der Waals surface area (Å²) in [5, 5.41) is 4.76. The van der Waals surface area contributed by atoms with Gasteiger partial charge in [0.1, 0.15) is 0 Å². The fourth-order valence-corrected chi connectivity index (χ4v) is 5.08. The standard InChI is InChI=1S/C10H16N2O6S3/c1-2-12-21(17,18)10-5-3-9(4-6-10)19(13,14)7-8-20(11,15)16/h3-6,12H,2,7-8H2,1H3,(H2,11,15,16). The topological polar surface area (TPSA) is 140 Å². The second kappa shape index (κ2) is 6.40. The fourth-order valence-electron chi connectivity index (χ4n) is 1.44. The Morgan fingerprint density at radius 2 is 1.38 bits per heavy atom. The maximum absolute atomic E-state index is 11.9. The van der Waals surface area contributed by atoms with E-state index < -0.39 is 41.4 Å². The van der Waals surface area contributed by atoms with Crippen LogP contribution in [0.15, 0.2) is 34.1 Å². The first kappa shape index (κ1) is 18.0. The summed E-state index contributed by atoms with van der Waals surface area (Å²) in [6.07, 6.45) is 0. The molecule has 0 aliphatic rings. The number of primary sulfonamides is 1. The van der Waals surface area contributed by atoms with Crippen molar-refractivity contribution < 1.29 is 25.3 Å². The molecule has 3 N–H and O–H groups in total. The lowest BCUT2D eigenvalue weighted by molar-refractivity contribution is 0.583. The van der Waals surface area contributed by atoms with Gasteiger partial charge in [0.2, 0.25) is 20.0 Å². The van der Waals surface area contributed by atoms with Crippen LogP contribution in [0.2, 0.25) is 0 Å². The number of nitrogens with two attached hydrogens (primary N) is 1. The van der Waals surface area contributed by atoms with Gasteiger partial charge in [0.05, 0.1) is 21.3 Å². The van der Waals surface area contributed by atoms with Crippen LogP contribution in [-0.4, -0.2) is 43.3 Å².